The smallest absolute Gasteiger partial charge is 0.307 e. The molecule has 182 valence electrons. The molecule has 0 fully saturated rings. The van der Waals surface area contributed by atoms with Gasteiger partial charge in [0, 0.05) is 25.2 Å². The van der Waals surface area contributed by atoms with Gasteiger partial charge in [0.1, 0.15) is 11.4 Å². The highest BCUT2D eigenvalue weighted by Gasteiger charge is 2.35. The van der Waals surface area contributed by atoms with E-state index in [2.05, 4.69) is 25.2 Å². The summed E-state index contributed by atoms with van der Waals surface area (Å²) in [5.41, 5.74) is 4.55. The van der Waals surface area contributed by atoms with Crippen molar-refractivity contribution in [1.82, 2.24) is 5.32 Å². The number of hydrogen-bond acceptors (Lipinski definition) is 5. The Balaban J connectivity index is 1.75. The molecule has 0 aromatic heterocycles. The summed E-state index contributed by atoms with van der Waals surface area (Å²) in [5, 5.41) is 23.0. The Hall–Kier alpha value is -2.77. The van der Waals surface area contributed by atoms with Crippen molar-refractivity contribution in [2.45, 2.75) is 51.0 Å². The van der Waals surface area contributed by atoms with Gasteiger partial charge in [-0.2, -0.15) is 0 Å². The van der Waals surface area contributed by atoms with Gasteiger partial charge in [-0.25, -0.2) is 0 Å². The number of carbonyl (C=O) groups is 2. The Labute approximate surface area is 204 Å². The van der Waals surface area contributed by atoms with Gasteiger partial charge in [-0.15, -0.1) is 0 Å². The van der Waals surface area contributed by atoms with E-state index >= 15 is 0 Å². The first kappa shape index (κ1) is 24.4. The minimum absolute atomic E-state index is 0.181. The molecular formula is C26H31ClN2O5. The van der Waals surface area contributed by atoms with Crippen molar-refractivity contribution in [2.24, 2.45) is 5.92 Å². The maximum Gasteiger partial charge on any atom is 0.307 e. The van der Waals surface area contributed by atoms with Crippen molar-refractivity contribution in [1.29, 1.82) is 0 Å². The second-order valence-corrected chi connectivity index (χ2v) is 10.2. The van der Waals surface area contributed by atoms with Gasteiger partial charge >= 0.3 is 11.9 Å². The number of anilines is 2. The number of halogens is 1. The van der Waals surface area contributed by atoms with E-state index in [-0.39, 0.29) is 5.60 Å². The highest BCUT2D eigenvalue weighted by molar-refractivity contribution is 6.33. The van der Waals surface area contributed by atoms with Crippen molar-refractivity contribution in [3.63, 3.8) is 0 Å². The molecule has 0 saturated carbocycles. The van der Waals surface area contributed by atoms with Crippen LogP contribution in [0.3, 0.4) is 0 Å². The minimum atomic E-state index is -1.12. The molecule has 2 heterocycles. The maximum atomic E-state index is 12.0. The topological polar surface area (TPSA) is 99.1 Å². The first-order valence-corrected chi connectivity index (χ1v) is 12.0. The number of benzene rings is 2. The normalized spacial score (nSPS) is 19.7. The van der Waals surface area contributed by atoms with Crippen molar-refractivity contribution >= 4 is 34.9 Å². The van der Waals surface area contributed by atoms with E-state index in [0.29, 0.717) is 24.5 Å². The number of fused-ring (bicyclic) bond motifs is 2. The molecule has 3 N–H and O–H groups in total. The molecule has 0 bridgehead atoms. The van der Waals surface area contributed by atoms with Crippen LogP contribution >= 0.6 is 11.6 Å². The van der Waals surface area contributed by atoms with Crippen LogP contribution in [0.25, 0.3) is 0 Å². The van der Waals surface area contributed by atoms with Gasteiger partial charge in [0.05, 0.1) is 23.0 Å². The number of carboxylic acid groups (broad SMARTS) is 2. The summed E-state index contributed by atoms with van der Waals surface area (Å²) in [6.45, 7) is 5.23. The number of hydrogen-bond donors (Lipinski definition) is 3. The highest BCUT2D eigenvalue weighted by Crippen LogP contribution is 2.43. The van der Waals surface area contributed by atoms with Crippen molar-refractivity contribution in [3.05, 3.63) is 52.0 Å². The second kappa shape index (κ2) is 9.47. The van der Waals surface area contributed by atoms with E-state index in [1.165, 1.54) is 0 Å². The lowest BCUT2D eigenvalue weighted by atomic mass is 9.81. The second-order valence-electron chi connectivity index (χ2n) is 9.78. The van der Waals surface area contributed by atoms with E-state index in [4.69, 9.17) is 16.3 Å². The maximum absolute atomic E-state index is 12.0. The van der Waals surface area contributed by atoms with Crippen LogP contribution in [0.15, 0.2) is 30.3 Å². The summed E-state index contributed by atoms with van der Waals surface area (Å²) in [6.07, 6.45) is 2.08. The zero-order chi connectivity index (χ0) is 24.6. The Morgan fingerprint density at radius 2 is 2.00 bits per heavy atom. The molecular weight excluding hydrogens is 456 g/mol. The van der Waals surface area contributed by atoms with Crippen molar-refractivity contribution in [3.8, 4) is 5.75 Å². The summed E-state index contributed by atoms with van der Waals surface area (Å²) in [7, 11) is 1.95. The number of aliphatic carboxylic acids is 2. The average Bonchev–Trinajstić information content (AvgIpc) is 2.98. The molecule has 7 nitrogen and oxygen atoms in total. The number of nitrogens with one attached hydrogen (secondary N) is 1. The molecule has 0 amide bonds. The summed E-state index contributed by atoms with van der Waals surface area (Å²) in [6, 6.07) is 9.76. The summed E-state index contributed by atoms with van der Waals surface area (Å²) in [5.74, 6) is -2.85. The van der Waals surface area contributed by atoms with E-state index < -0.39 is 30.2 Å². The van der Waals surface area contributed by atoms with Gasteiger partial charge in [-0.1, -0.05) is 17.7 Å². The van der Waals surface area contributed by atoms with Crippen molar-refractivity contribution in [2.75, 3.05) is 25.0 Å². The molecule has 2 aliphatic rings. The number of nitrogens with zero attached hydrogens (tertiary/aromatic N) is 1. The molecule has 0 aliphatic carbocycles. The van der Waals surface area contributed by atoms with Gasteiger partial charge in [0.15, 0.2) is 0 Å². The van der Waals surface area contributed by atoms with Crippen LogP contribution in [-0.2, 0) is 22.4 Å². The molecule has 2 aromatic carbocycles. The molecule has 0 spiro atoms. The monoisotopic (exact) mass is 486 g/mol. The molecule has 34 heavy (non-hydrogen) atoms. The Bertz CT molecular complexity index is 1120. The van der Waals surface area contributed by atoms with Crippen LogP contribution < -0.4 is 15.0 Å². The SMILES string of the molecule is CN(c1ccc2c(c1)CCC(C)(C)O2)c1c(Cl)ccc2c1CCNCC2C(CC(=O)O)C(=O)O. The fraction of sp³-hybridized carbons (Fsp3) is 0.462. The molecule has 2 atom stereocenters. The third-order valence-corrected chi connectivity index (χ3v) is 7.24. The predicted molar refractivity (Wildman–Crippen MR) is 132 cm³/mol. The molecule has 0 saturated heterocycles. The molecule has 2 aliphatic heterocycles. The third kappa shape index (κ3) is 4.86. The molecule has 4 rings (SSSR count). The van der Waals surface area contributed by atoms with E-state index in [0.717, 1.165) is 46.7 Å². The van der Waals surface area contributed by atoms with Gasteiger partial charge < -0.3 is 25.2 Å². The van der Waals surface area contributed by atoms with Crippen LogP contribution in [-0.4, -0.2) is 47.9 Å². The van der Waals surface area contributed by atoms with Gasteiger partial charge in [0.2, 0.25) is 0 Å². The van der Waals surface area contributed by atoms with Crippen LogP contribution in [0, 0.1) is 5.92 Å². The summed E-state index contributed by atoms with van der Waals surface area (Å²) < 4.78 is 6.13. The van der Waals surface area contributed by atoms with Gasteiger partial charge in [-0.3, -0.25) is 9.59 Å². The zero-order valence-electron chi connectivity index (χ0n) is 19.7. The Morgan fingerprint density at radius 1 is 1.24 bits per heavy atom. The van der Waals surface area contributed by atoms with Gasteiger partial charge in [0.25, 0.3) is 0 Å². The molecule has 0 radical (unpaired) electrons. The Kier molecular flexibility index (Phi) is 6.78. The van der Waals surface area contributed by atoms with Crippen molar-refractivity contribution < 1.29 is 24.5 Å². The zero-order valence-corrected chi connectivity index (χ0v) is 20.5. The molecule has 2 unspecified atom stereocenters. The molecule has 2 aromatic rings. The lowest BCUT2D eigenvalue weighted by molar-refractivity contribution is -0.149. The van der Waals surface area contributed by atoms with Crippen LogP contribution in [0.4, 0.5) is 11.4 Å². The quantitative estimate of drug-likeness (QED) is 0.548. The first-order chi connectivity index (χ1) is 16.1. The van der Waals surface area contributed by atoms with Gasteiger partial charge in [-0.05, 0) is 80.6 Å². The molecule has 8 heteroatoms. The number of carboxylic acids is 2. The Morgan fingerprint density at radius 3 is 2.71 bits per heavy atom. The number of ether oxygens (including phenoxy) is 1. The van der Waals surface area contributed by atoms with E-state index in [1.54, 1.807) is 6.07 Å². The minimum Gasteiger partial charge on any atom is -0.488 e. The standard InChI is InChI=1S/C26H31ClN2O5/c1-26(2)10-8-15-12-16(4-7-22(15)34-26)29(3)24-18-9-11-28-14-20(17(18)5-6-21(24)27)19(25(32)33)13-23(30)31/h4-7,12,19-20,28H,8-11,13-14H2,1-3H3,(H,30,31)(H,32,33). The lowest BCUT2D eigenvalue weighted by Gasteiger charge is -2.34. The largest absolute Gasteiger partial charge is 0.488 e. The fourth-order valence-corrected chi connectivity index (χ4v) is 5.41. The summed E-state index contributed by atoms with van der Waals surface area (Å²) in [4.78, 5) is 25.4. The highest BCUT2D eigenvalue weighted by atomic mass is 35.5. The lowest BCUT2D eigenvalue weighted by Crippen LogP contribution is -2.32. The summed E-state index contributed by atoms with van der Waals surface area (Å²) >= 11 is 6.72. The van der Waals surface area contributed by atoms with Crippen LogP contribution in [0.2, 0.25) is 5.02 Å². The fourth-order valence-electron chi connectivity index (χ4n) is 5.11. The average molecular weight is 487 g/mol. The van der Waals surface area contributed by atoms with E-state index in [9.17, 15) is 19.8 Å². The van der Waals surface area contributed by atoms with Crippen LogP contribution in [0.1, 0.15) is 49.3 Å². The number of aryl methyl sites for hydroxylation is 1. The van der Waals surface area contributed by atoms with E-state index in [1.807, 2.05) is 30.1 Å². The first-order valence-electron chi connectivity index (χ1n) is 11.6. The third-order valence-electron chi connectivity index (χ3n) is 6.93. The predicted octanol–water partition coefficient (Wildman–Crippen LogP) is 4.62. The van der Waals surface area contributed by atoms with Crippen LogP contribution in [0.5, 0.6) is 5.75 Å². The number of rotatable bonds is 6.